The van der Waals surface area contributed by atoms with Gasteiger partial charge in [-0.2, -0.15) is 0 Å². The van der Waals surface area contributed by atoms with E-state index in [4.69, 9.17) is 9.47 Å². The zero-order valence-corrected chi connectivity index (χ0v) is 18.0. The average molecular weight is 452 g/mol. The highest BCUT2D eigenvalue weighted by Crippen LogP contribution is 2.36. The number of halogens is 3. The van der Waals surface area contributed by atoms with Gasteiger partial charge in [-0.1, -0.05) is 48.9 Å². The van der Waals surface area contributed by atoms with Gasteiger partial charge in [-0.15, -0.1) is 0 Å². The Hall–Kier alpha value is -3.12. The van der Waals surface area contributed by atoms with Gasteiger partial charge in [0.05, 0.1) is 12.2 Å². The zero-order valence-electron chi connectivity index (χ0n) is 18.0. The number of carbonyl (C=O) groups is 1. The Balaban J connectivity index is 1.34. The molecule has 6 heteroatoms. The van der Waals surface area contributed by atoms with E-state index in [1.807, 2.05) is 0 Å². The van der Waals surface area contributed by atoms with E-state index < -0.39 is 23.4 Å². The molecule has 1 saturated carbocycles. The molecule has 1 aliphatic heterocycles. The molecule has 0 bridgehead atoms. The number of rotatable bonds is 5. The topological polar surface area (TPSA) is 38.8 Å². The second-order valence-corrected chi connectivity index (χ2v) is 8.59. The van der Waals surface area contributed by atoms with Gasteiger partial charge in [-0.25, -0.2) is 18.0 Å². The van der Waals surface area contributed by atoms with E-state index in [0.29, 0.717) is 23.3 Å². The lowest BCUT2D eigenvalue weighted by molar-refractivity contribution is 0.0210. The Labute approximate surface area is 190 Å². The van der Waals surface area contributed by atoms with Crippen LogP contribution in [0.1, 0.15) is 54.1 Å². The van der Waals surface area contributed by atoms with Crippen LogP contribution in [0.2, 0.25) is 0 Å². The van der Waals surface area contributed by atoms with Gasteiger partial charge >= 0.3 is 5.97 Å². The molecule has 0 amide bonds. The molecule has 1 atom stereocenters. The predicted molar refractivity (Wildman–Crippen MR) is 118 cm³/mol. The normalized spacial score (nSPS) is 18.2. The summed E-state index contributed by atoms with van der Waals surface area (Å²) in [5.41, 5.74) is 1.87. The van der Waals surface area contributed by atoms with Gasteiger partial charge in [-0.3, -0.25) is 0 Å². The van der Waals surface area contributed by atoms with E-state index in [2.05, 4.69) is 0 Å². The smallest absolute Gasteiger partial charge is 0.338 e. The fourth-order valence-corrected chi connectivity index (χ4v) is 4.37. The van der Waals surface area contributed by atoms with Crippen LogP contribution in [0.4, 0.5) is 13.2 Å². The Bertz CT molecular complexity index is 1180. The van der Waals surface area contributed by atoms with Crippen LogP contribution in [0.3, 0.4) is 0 Å². The van der Waals surface area contributed by atoms with E-state index in [-0.39, 0.29) is 28.9 Å². The van der Waals surface area contributed by atoms with Crippen molar-refractivity contribution in [3.8, 4) is 22.3 Å². The van der Waals surface area contributed by atoms with Gasteiger partial charge in [0.1, 0.15) is 18.0 Å². The minimum Gasteiger partial charge on any atom is -0.459 e. The molecule has 1 unspecified atom stereocenters. The first-order valence-electron chi connectivity index (χ1n) is 11.2. The monoisotopic (exact) mass is 452 g/mol. The Morgan fingerprint density at radius 1 is 0.818 bits per heavy atom. The Morgan fingerprint density at radius 3 is 2.09 bits per heavy atom. The van der Waals surface area contributed by atoms with E-state index in [0.717, 1.165) is 32.1 Å². The molecule has 2 fully saturated rings. The summed E-state index contributed by atoms with van der Waals surface area (Å²) in [5.74, 6) is -2.89. The first-order chi connectivity index (χ1) is 16.0. The molecular weight excluding hydrogens is 429 g/mol. The van der Waals surface area contributed by atoms with Crippen molar-refractivity contribution in [3.63, 3.8) is 0 Å². The molecule has 1 heterocycles. The number of hydrogen-bond acceptors (Lipinski definition) is 3. The molecule has 0 N–H and O–H groups in total. The molecule has 3 nitrogen and oxygen atoms in total. The average Bonchev–Trinajstić information content (AvgIpc) is 3.67. The van der Waals surface area contributed by atoms with Crippen molar-refractivity contribution in [1.82, 2.24) is 0 Å². The van der Waals surface area contributed by atoms with Gasteiger partial charge in [0, 0.05) is 16.7 Å². The van der Waals surface area contributed by atoms with Crippen molar-refractivity contribution in [1.29, 1.82) is 0 Å². The number of ether oxygens (including phenoxy) is 2. The van der Waals surface area contributed by atoms with Gasteiger partial charge < -0.3 is 9.47 Å². The fourth-order valence-electron chi connectivity index (χ4n) is 4.37. The van der Waals surface area contributed by atoms with Crippen LogP contribution < -0.4 is 0 Å². The molecule has 5 rings (SSSR count). The SMILES string of the molecule is O=C(OC1CCCCC1)c1ccc(-c2ccc(-c3ccc(C4CO4)c(F)c3F)cc2)c(F)c1. The summed E-state index contributed by atoms with van der Waals surface area (Å²) in [6, 6.07) is 13.8. The summed E-state index contributed by atoms with van der Waals surface area (Å²) in [4.78, 5) is 12.4. The van der Waals surface area contributed by atoms with Crippen LogP contribution in [-0.4, -0.2) is 18.7 Å². The maximum absolute atomic E-state index is 14.8. The van der Waals surface area contributed by atoms with Crippen LogP contribution in [0.5, 0.6) is 0 Å². The predicted octanol–water partition coefficient (Wildman–Crippen LogP) is 7.00. The molecule has 0 radical (unpaired) electrons. The van der Waals surface area contributed by atoms with Crippen LogP contribution >= 0.6 is 0 Å². The number of carbonyl (C=O) groups excluding carboxylic acids is 1. The van der Waals surface area contributed by atoms with E-state index in [1.54, 1.807) is 30.3 Å². The Kier molecular flexibility index (Phi) is 5.94. The molecule has 1 saturated heterocycles. The molecular formula is C27H23F3O3. The molecule has 0 aromatic heterocycles. The van der Waals surface area contributed by atoms with Gasteiger partial charge in [0.15, 0.2) is 11.6 Å². The van der Waals surface area contributed by atoms with Crippen molar-refractivity contribution in [2.24, 2.45) is 0 Å². The van der Waals surface area contributed by atoms with Gasteiger partial charge in [0.2, 0.25) is 0 Å². The van der Waals surface area contributed by atoms with Crippen molar-refractivity contribution in [2.75, 3.05) is 6.61 Å². The minimum absolute atomic E-state index is 0.0994. The summed E-state index contributed by atoms with van der Waals surface area (Å²) in [7, 11) is 0. The molecule has 33 heavy (non-hydrogen) atoms. The number of hydrogen-bond donors (Lipinski definition) is 0. The highest BCUT2D eigenvalue weighted by Gasteiger charge is 2.30. The third kappa shape index (κ3) is 4.53. The summed E-state index contributed by atoms with van der Waals surface area (Å²) in [5, 5.41) is 0. The lowest BCUT2D eigenvalue weighted by Gasteiger charge is -2.21. The maximum Gasteiger partial charge on any atom is 0.338 e. The zero-order chi connectivity index (χ0) is 22.9. The van der Waals surface area contributed by atoms with Crippen LogP contribution in [0.25, 0.3) is 22.3 Å². The third-order valence-electron chi connectivity index (χ3n) is 6.33. The first kappa shape index (κ1) is 21.7. The molecule has 1 aliphatic carbocycles. The second kappa shape index (κ2) is 9.02. The fraction of sp³-hybridized carbons (Fsp3) is 0.296. The highest BCUT2D eigenvalue weighted by atomic mass is 19.2. The molecule has 3 aromatic rings. The standard InChI is InChI=1S/C27H23F3O3/c28-23-14-18(27(31)33-19-4-2-1-3-5-19)10-11-20(23)16-6-8-17(9-7-16)21-12-13-22(24-15-32-24)26(30)25(21)29/h6-14,19,24H,1-5,15H2. The minimum atomic E-state index is -0.928. The van der Waals surface area contributed by atoms with E-state index >= 15 is 0 Å². The molecule has 0 spiro atoms. The van der Waals surface area contributed by atoms with Crippen molar-refractivity contribution < 1.29 is 27.4 Å². The third-order valence-corrected chi connectivity index (χ3v) is 6.33. The van der Waals surface area contributed by atoms with Crippen LogP contribution in [0.15, 0.2) is 54.6 Å². The molecule has 2 aliphatic rings. The molecule has 170 valence electrons. The van der Waals surface area contributed by atoms with Gasteiger partial charge in [0.25, 0.3) is 0 Å². The van der Waals surface area contributed by atoms with Crippen molar-refractivity contribution >= 4 is 5.97 Å². The molecule has 3 aromatic carbocycles. The highest BCUT2D eigenvalue weighted by molar-refractivity contribution is 5.90. The largest absolute Gasteiger partial charge is 0.459 e. The lowest BCUT2D eigenvalue weighted by atomic mass is 9.97. The summed E-state index contributed by atoms with van der Waals surface area (Å²) in [6.45, 7) is 0.396. The van der Waals surface area contributed by atoms with Gasteiger partial charge in [-0.05, 0) is 48.9 Å². The summed E-state index contributed by atoms with van der Waals surface area (Å²) in [6.07, 6.45) is 4.45. The first-order valence-corrected chi connectivity index (χ1v) is 11.2. The summed E-state index contributed by atoms with van der Waals surface area (Å²) < 4.78 is 54.3. The number of esters is 1. The Morgan fingerprint density at radius 2 is 1.45 bits per heavy atom. The summed E-state index contributed by atoms with van der Waals surface area (Å²) >= 11 is 0. The number of epoxide rings is 1. The van der Waals surface area contributed by atoms with E-state index in [9.17, 15) is 18.0 Å². The maximum atomic E-state index is 14.8. The van der Waals surface area contributed by atoms with E-state index in [1.165, 1.54) is 24.3 Å². The number of benzene rings is 3. The quantitative estimate of drug-likeness (QED) is 0.309. The second-order valence-electron chi connectivity index (χ2n) is 8.59. The van der Waals surface area contributed by atoms with Crippen molar-refractivity contribution in [3.05, 3.63) is 83.2 Å². The lowest BCUT2D eigenvalue weighted by Crippen LogP contribution is -2.21. The van der Waals surface area contributed by atoms with Crippen molar-refractivity contribution in [2.45, 2.75) is 44.3 Å². The van der Waals surface area contributed by atoms with Crippen LogP contribution in [0, 0.1) is 17.5 Å². The van der Waals surface area contributed by atoms with Crippen LogP contribution in [-0.2, 0) is 9.47 Å².